The molecule has 0 radical (unpaired) electrons. The first-order chi connectivity index (χ1) is 10.2. The molecule has 0 aliphatic carbocycles. The lowest BCUT2D eigenvalue weighted by Gasteiger charge is -2.04. The van der Waals surface area contributed by atoms with E-state index in [-0.39, 0.29) is 0 Å². The molecule has 2 aromatic heterocycles. The van der Waals surface area contributed by atoms with E-state index >= 15 is 0 Å². The van der Waals surface area contributed by atoms with Crippen LogP contribution >= 0.6 is 15.9 Å². The Bertz CT molecular complexity index is 860. The lowest BCUT2D eigenvalue weighted by Crippen LogP contribution is -2.14. The highest BCUT2D eigenvalue weighted by molar-refractivity contribution is 9.10. The minimum absolute atomic E-state index is 0.690. The number of hydrogen-bond donors (Lipinski definition) is 2. The van der Waals surface area contributed by atoms with Crippen LogP contribution in [0.25, 0.3) is 11.3 Å². The van der Waals surface area contributed by atoms with E-state index < -0.39 is 0 Å². The van der Waals surface area contributed by atoms with E-state index in [0.29, 0.717) is 5.84 Å². The number of aromatic nitrogens is 4. The average Bonchev–Trinajstić information content (AvgIpc) is 3.01. The van der Waals surface area contributed by atoms with E-state index in [1.54, 1.807) is 10.9 Å². The molecule has 6 nitrogen and oxygen atoms in total. The minimum atomic E-state index is 0.690. The highest BCUT2D eigenvalue weighted by atomic mass is 79.9. The lowest BCUT2D eigenvalue weighted by atomic mass is 10.1. The maximum Gasteiger partial charge on any atom is 0.160 e. The lowest BCUT2D eigenvalue weighted by molar-refractivity contribution is 0.764. The van der Waals surface area contributed by atoms with Crippen molar-refractivity contribution in [1.29, 1.82) is 0 Å². The molecule has 21 heavy (non-hydrogen) atoms. The van der Waals surface area contributed by atoms with Gasteiger partial charge in [0, 0.05) is 18.8 Å². The van der Waals surface area contributed by atoms with Crippen molar-refractivity contribution >= 4 is 33.1 Å². The summed E-state index contributed by atoms with van der Waals surface area (Å²) in [4.78, 5) is 4.72. The van der Waals surface area contributed by atoms with E-state index in [2.05, 4.69) is 36.5 Å². The summed E-state index contributed by atoms with van der Waals surface area (Å²) < 4.78 is 2.64. The van der Waals surface area contributed by atoms with Crippen molar-refractivity contribution in [3.8, 4) is 11.3 Å². The van der Waals surface area contributed by atoms with E-state index in [0.717, 1.165) is 32.8 Å². The molecule has 1 aromatic carbocycles. The average molecular weight is 343 g/mol. The summed E-state index contributed by atoms with van der Waals surface area (Å²) in [5, 5.41) is 14.9. The molecule has 7 heteroatoms. The molecule has 0 saturated heterocycles. The number of nitrogens with zero attached hydrogens (tertiary/aromatic N) is 4. The number of benzene rings is 1. The largest absolute Gasteiger partial charge is 0.335 e. The predicted octanol–water partition coefficient (Wildman–Crippen LogP) is 3.08. The van der Waals surface area contributed by atoms with E-state index in [9.17, 15) is 0 Å². The molecule has 3 aromatic rings. The van der Waals surface area contributed by atoms with Crippen molar-refractivity contribution in [2.24, 2.45) is 12.0 Å². The zero-order valence-corrected chi connectivity index (χ0v) is 12.7. The summed E-state index contributed by atoms with van der Waals surface area (Å²) in [6.45, 7) is 0. The van der Waals surface area contributed by atoms with Crippen LogP contribution in [0.4, 0.5) is 11.4 Å². The van der Waals surface area contributed by atoms with Gasteiger partial charge in [0.2, 0.25) is 0 Å². The summed E-state index contributed by atoms with van der Waals surface area (Å²) in [5.74, 6) is 0.690. The minimum Gasteiger partial charge on any atom is -0.335 e. The van der Waals surface area contributed by atoms with Gasteiger partial charge in [-0.2, -0.15) is 10.2 Å². The Morgan fingerprint density at radius 3 is 2.90 bits per heavy atom. The summed E-state index contributed by atoms with van der Waals surface area (Å²) in [6, 6.07) is 7.95. The fraction of sp³-hybridized carbons (Fsp3) is 0.0714. The van der Waals surface area contributed by atoms with Crippen LogP contribution in [0, 0.1) is 0 Å². The number of amidine groups is 1. The molecule has 1 aliphatic heterocycles. The summed E-state index contributed by atoms with van der Waals surface area (Å²) >= 11 is 3.52. The third-order valence-electron chi connectivity index (χ3n) is 3.31. The molecule has 0 fully saturated rings. The third kappa shape index (κ3) is 1.97. The summed E-state index contributed by atoms with van der Waals surface area (Å²) in [6.07, 6.45) is 3.65. The van der Waals surface area contributed by atoms with Crippen LogP contribution in [0.15, 0.2) is 46.1 Å². The maximum atomic E-state index is 4.72. The molecule has 3 heterocycles. The second-order valence-corrected chi connectivity index (χ2v) is 5.61. The number of hydrogen-bond acceptors (Lipinski definition) is 4. The Morgan fingerprint density at radius 1 is 1.24 bits per heavy atom. The fourth-order valence-corrected chi connectivity index (χ4v) is 2.94. The third-order valence-corrected chi connectivity index (χ3v) is 3.89. The Morgan fingerprint density at radius 2 is 2.10 bits per heavy atom. The highest BCUT2D eigenvalue weighted by Gasteiger charge is 2.21. The van der Waals surface area contributed by atoms with Crippen molar-refractivity contribution in [2.75, 3.05) is 5.32 Å². The smallest absolute Gasteiger partial charge is 0.160 e. The molecule has 0 spiro atoms. The van der Waals surface area contributed by atoms with Crippen molar-refractivity contribution < 1.29 is 0 Å². The molecule has 0 bridgehead atoms. The number of rotatable bonds is 1. The van der Waals surface area contributed by atoms with E-state index in [1.807, 2.05) is 37.5 Å². The number of aromatic amines is 1. The number of aliphatic imine (C=N–C) groups is 1. The van der Waals surface area contributed by atoms with Crippen LogP contribution < -0.4 is 5.32 Å². The van der Waals surface area contributed by atoms with Gasteiger partial charge in [0.25, 0.3) is 0 Å². The second kappa shape index (κ2) is 4.56. The Labute approximate surface area is 129 Å². The van der Waals surface area contributed by atoms with Crippen molar-refractivity contribution in [2.45, 2.75) is 0 Å². The first-order valence-electron chi connectivity index (χ1n) is 6.40. The standard InChI is InChI=1S/C14H11BrN6/c1-21-7-9(15)13(20-21)14-17-10-5-3-2-4-8(10)12-11(18-14)6-16-19-12/h2-7H,1H3,(H,16,19)(H,17,18). The van der Waals surface area contributed by atoms with Gasteiger partial charge in [-0.15, -0.1) is 0 Å². The van der Waals surface area contributed by atoms with Gasteiger partial charge >= 0.3 is 0 Å². The molecule has 1 aliphatic rings. The fourth-order valence-electron chi connectivity index (χ4n) is 2.38. The molecule has 0 unspecified atom stereocenters. The van der Waals surface area contributed by atoms with Crippen molar-refractivity contribution in [3.05, 3.63) is 46.8 Å². The monoisotopic (exact) mass is 342 g/mol. The molecule has 0 saturated carbocycles. The topological polar surface area (TPSA) is 70.9 Å². The number of H-pyrrole nitrogens is 1. The molecular weight excluding hydrogens is 332 g/mol. The first kappa shape index (κ1) is 12.3. The van der Waals surface area contributed by atoms with Crippen LogP contribution in [0.2, 0.25) is 0 Å². The number of para-hydroxylation sites is 1. The predicted molar refractivity (Wildman–Crippen MR) is 84.8 cm³/mol. The Hall–Kier alpha value is -2.41. The van der Waals surface area contributed by atoms with Gasteiger partial charge in [-0.3, -0.25) is 9.78 Å². The molecule has 4 rings (SSSR count). The van der Waals surface area contributed by atoms with Gasteiger partial charge in [-0.25, -0.2) is 4.99 Å². The van der Waals surface area contributed by atoms with Gasteiger partial charge in [-0.1, -0.05) is 18.2 Å². The summed E-state index contributed by atoms with van der Waals surface area (Å²) in [7, 11) is 1.88. The van der Waals surface area contributed by atoms with Gasteiger partial charge in [0.15, 0.2) is 5.84 Å². The quantitative estimate of drug-likeness (QED) is 0.713. The number of nitrogens with one attached hydrogen (secondary N) is 2. The van der Waals surface area contributed by atoms with E-state index in [4.69, 9.17) is 4.99 Å². The van der Waals surface area contributed by atoms with Crippen molar-refractivity contribution in [3.63, 3.8) is 0 Å². The molecule has 0 atom stereocenters. The normalized spacial score (nSPS) is 13.0. The van der Waals surface area contributed by atoms with Crippen LogP contribution in [-0.4, -0.2) is 25.8 Å². The molecule has 2 N–H and O–H groups in total. The van der Waals surface area contributed by atoms with Crippen LogP contribution in [0.5, 0.6) is 0 Å². The highest BCUT2D eigenvalue weighted by Crippen LogP contribution is 2.36. The molecule has 104 valence electrons. The first-order valence-corrected chi connectivity index (χ1v) is 7.19. The number of anilines is 1. The zero-order chi connectivity index (χ0) is 14.4. The van der Waals surface area contributed by atoms with Gasteiger partial charge in [0.1, 0.15) is 5.69 Å². The number of halogens is 1. The Kier molecular flexibility index (Phi) is 2.68. The Balaban J connectivity index is 1.96. The number of fused-ring (bicyclic) bond motifs is 3. The van der Waals surface area contributed by atoms with E-state index in [1.165, 1.54) is 0 Å². The van der Waals surface area contributed by atoms with Gasteiger partial charge < -0.3 is 5.32 Å². The van der Waals surface area contributed by atoms with Gasteiger partial charge in [0.05, 0.1) is 27.7 Å². The molecule has 0 amide bonds. The van der Waals surface area contributed by atoms with Gasteiger partial charge in [-0.05, 0) is 22.0 Å². The van der Waals surface area contributed by atoms with Crippen LogP contribution in [-0.2, 0) is 7.05 Å². The SMILES string of the molecule is Cn1cc(Br)c(C2=Nc3ccccc3-c3[nH]ncc3N2)n1. The maximum absolute atomic E-state index is 4.72. The van der Waals surface area contributed by atoms with Crippen LogP contribution in [0.3, 0.4) is 0 Å². The van der Waals surface area contributed by atoms with Crippen molar-refractivity contribution in [1.82, 2.24) is 20.0 Å². The van der Waals surface area contributed by atoms with Crippen LogP contribution in [0.1, 0.15) is 5.69 Å². The molecular formula is C14H11BrN6. The second-order valence-electron chi connectivity index (χ2n) is 4.76. The zero-order valence-electron chi connectivity index (χ0n) is 11.1. The summed E-state index contributed by atoms with van der Waals surface area (Å²) in [5.41, 5.74) is 4.47. The number of aryl methyl sites for hydroxylation is 1.